The molecule has 15 nitrogen and oxygen atoms in total. The van der Waals surface area contributed by atoms with Crippen molar-refractivity contribution in [2.24, 2.45) is 0 Å². The van der Waals surface area contributed by atoms with Crippen molar-refractivity contribution < 1.29 is 18.9 Å². The minimum atomic E-state index is -2.54. The number of aromatic nitrogens is 4. The van der Waals surface area contributed by atoms with Crippen LogP contribution in [0.5, 0.6) is 5.75 Å². The number of carbonyl (C=O) groups is 2. The summed E-state index contributed by atoms with van der Waals surface area (Å²) in [6, 6.07) is 17.3. The first-order valence-corrected chi connectivity index (χ1v) is 21.1. The minimum absolute atomic E-state index is 0.253. The summed E-state index contributed by atoms with van der Waals surface area (Å²) in [5.74, 6) is 1.60. The number of urea groups is 1. The third-order valence-electron chi connectivity index (χ3n) is 10.1. The van der Waals surface area contributed by atoms with Gasteiger partial charge >= 0.3 is 6.03 Å². The van der Waals surface area contributed by atoms with Crippen LogP contribution in [0.1, 0.15) is 25.0 Å². The van der Waals surface area contributed by atoms with Crippen LogP contribution in [0.2, 0.25) is 5.02 Å². The molecule has 0 bridgehead atoms. The van der Waals surface area contributed by atoms with Gasteiger partial charge in [-0.25, -0.2) is 9.78 Å². The molecule has 3 saturated heterocycles. The lowest BCUT2D eigenvalue weighted by Crippen LogP contribution is -2.53. The second-order valence-electron chi connectivity index (χ2n) is 14.1. The van der Waals surface area contributed by atoms with Gasteiger partial charge in [0.05, 0.1) is 30.4 Å². The van der Waals surface area contributed by atoms with E-state index in [1.807, 2.05) is 42.5 Å². The van der Waals surface area contributed by atoms with Crippen LogP contribution < -0.4 is 35.8 Å². The predicted octanol–water partition coefficient (Wildman–Crippen LogP) is 4.90. The highest BCUT2D eigenvalue weighted by Crippen LogP contribution is 2.39. The predicted molar refractivity (Wildman–Crippen MR) is 212 cm³/mol. The summed E-state index contributed by atoms with van der Waals surface area (Å²) in [7, 11) is -0.891. The van der Waals surface area contributed by atoms with E-state index in [0.29, 0.717) is 53.2 Å². The van der Waals surface area contributed by atoms with E-state index < -0.39 is 13.2 Å². The molecule has 0 radical (unpaired) electrons. The van der Waals surface area contributed by atoms with Crippen molar-refractivity contribution in [2.45, 2.75) is 31.8 Å². The highest BCUT2D eigenvalue weighted by molar-refractivity contribution is 7.70. The molecule has 0 saturated carbocycles. The molecule has 284 valence electrons. The summed E-state index contributed by atoms with van der Waals surface area (Å²) in [6.07, 6.45) is 3.94. The maximum atomic E-state index is 12.9. The number of benzene rings is 2. The maximum Gasteiger partial charge on any atom is 0.329 e. The lowest BCUT2D eigenvalue weighted by molar-refractivity contribution is -0.120. The largest absolute Gasteiger partial charge is 0.494 e. The summed E-state index contributed by atoms with van der Waals surface area (Å²) in [5, 5.41) is 18.5. The van der Waals surface area contributed by atoms with Crippen molar-refractivity contribution in [3.05, 3.63) is 71.5 Å². The van der Waals surface area contributed by atoms with Crippen molar-refractivity contribution in [3.63, 3.8) is 0 Å². The molecule has 0 spiro atoms. The molecule has 3 aliphatic heterocycles. The van der Waals surface area contributed by atoms with Gasteiger partial charge in [-0.15, -0.1) is 5.10 Å². The van der Waals surface area contributed by atoms with E-state index in [-0.39, 0.29) is 12.3 Å². The number of para-hydroxylation sites is 1. The fourth-order valence-corrected chi connectivity index (χ4v) is 8.45. The van der Waals surface area contributed by atoms with Crippen molar-refractivity contribution in [1.82, 2.24) is 35.3 Å². The molecule has 5 heterocycles. The minimum Gasteiger partial charge on any atom is -0.494 e. The molecule has 3 N–H and O–H groups in total. The Balaban J connectivity index is 0.902. The van der Waals surface area contributed by atoms with E-state index in [2.05, 4.69) is 56.9 Å². The van der Waals surface area contributed by atoms with E-state index >= 15 is 0 Å². The second-order valence-corrected chi connectivity index (χ2v) is 17.7. The second kappa shape index (κ2) is 16.3. The summed E-state index contributed by atoms with van der Waals surface area (Å²) in [5.41, 5.74) is 3.37. The Kier molecular flexibility index (Phi) is 11.3. The number of halogens is 1. The molecule has 0 aliphatic carbocycles. The van der Waals surface area contributed by atoms with Crippen LogP contribution in [0, 0.1) is 0 Å². The number of ether oxygens (including phenoxy) is 1. The Labute approximate surface area is 319 Å². The summed E-state index contributed by atoms with van der Waals surface area (Å²) >= 11 is 6.47. The zero-order valence-electron chi connectivity index (χ0n) is 30.7. The molecular formula is C37H45ClN11O4P. The van der Waals surface area contributed by atoms with Crippen LogP contribution in [-0.2, 0) is 15.9 Å². The number of imide groups is 1. The van der Waals surface area contributed by atoms with Gasteiger partial charge < -0.3 is 24.8 Å². The smallest absolute Gasteiger partial charge is 0.329 e. The molecule has 0 unspecified atom stereocenters. The quantitative estimate of drug-likeness (QED) is 0.177. The number of methoxy groups -OCH3 is 1. The normalized spacial score (nSPS) is 17.7. The first kappa shape index (κ1) is 37.5. The molecule has 0 atom stereocenters. The Morgan fingerprint density at radius 1 is 0.926 bits per heavy atom. The molecule has 17 heteroatoms. The fourth-order valence-electron chi connectivity index (χ4n) is 7.16. The van der Waals surface area contributed by atoms with Gasteiger partial charge in [0.1, 0.15) is 17.9 Å². The molecule has 2 aromatic carbocycles. The molecule has 3 amide bonds. The standard InChI is InChI=1S/C37H45ClN11O4P/c1-53-31-22-27(9-10-29(31)41-36-39-23-28(38)35(43-36)40-30-6-4-5-7-32(30)54(2,3)52)47-15-12-26(13-16-47)48-20-18-46(19-21-48)24-25-8-11-33(45-44-25)49-17-14-34(50)42-37(49)51/h4-11,22-23,26H,12-21,24H2,1-3H3,(H,42,50,51)(H2,39,40,41,43). The van der Waals surface area contributed by atoms with Gasteiger partial charge in [-0.3, -0.25) is 24.8 Å². The molecule has 2 aromatic heterocycles. The maximum absolute atomic E-state index is 12.9. The Morgan fingerprint density at radius 3 is 2.41 bits per heavy atom. The number of amides is 3. The molecular weight excluding hydrogens is 729 g/mol. The van der Waals surface area contributed by atoms with E-state index in [4.69, 9.17) is 16.3 Å². The van der Waals surface area contributed by atoms with Crippen LogP contribution in [-0.4, -0.2) is 114 Å². The third-order valence-corrected chi connectivity index (χ3v) is 11.9. The van der Waals surface area contributed by atoms with Crippen LogP contribution in [0.3, 0.4) is 0 Å². The molecule has 4 aromatic rings. The summed E-state index contributed by atoms with van der Waals surface area (Å²) in [4.78, 5) is 41.4. The molecule has 7 rings (SSSR count). The third kappa shape index (κ3) is 8.76. The van der Waals surface area contributed by atoms with Gasteiger partial charge in [0.2, 0.25) is 11.9 Å². The lowest BCUT2D eigenvalue weighted by Gasteiger charge is -2.43. The summed E-state index contributed by atoms with van der Waals surface area (Å²) in [6.45, 7) is 10.3. The molecule has 3 fully saturated rings. The highest BCUT2D eigenvalue weighted by Gasteiger charge is 2.29. The first-order valence-electron chi connectivity index (χ1n) is 18.1. The number of rotatable bonds is 11. The number of hydrogen-bond acceptors (Lipinski definition) is 13. The van der Waals surface area contributed by atoms with E-state index in [0.717, 1.165) is 74.5 Å². The molecule has 54 heavy (non-hydrogen) atoms. The van der Waals surface area contributed by atoms with Crippen molar-refractivity contribution >= 4 is 70.6 Å². The van der Waals surface area contributed by atoms with Gasteiger partial charge in [-0.2, -0.15) is 10.1 Å². The van der Waals surface area contributed by atoms with Crippen molar-refractivity contribution in [2.75, 3.05) is 86.7 Å². The van der Waals surface area contributed by atoms with Gasteiger partial charge in [-0.1, -0.05) is 23.7 Å². The average Bonchev–Trinajstić information content (AvgIpc) is 3.17. The topological polar surface area (TPSA) is 161 Å². The number of nitrogens with zero attached hydrogens (tertiary/aromatic N) is 8. The van der Waals surface area contributed by atoms with Crippen LogP contribution in [0.15, 0.2) is 60.8 Å². The zero-order valence-corrected chi connectivity index (χ0v) is 32.3. The number of piperazine rings is 1. The van der Waals surface area contributed by atoms with Crippen LogP contribution in [0.4, 0.5) is 39.4 Å². The fraction of sp³-hybridized carbons (Fsp3) is 0.405. The van der Waals surface area contributed by atoms with Gasteiger partial charge in [0.15, 0.2) is 11.6 Å². The van der Waals surface area contributed by atoms with Crippen molar-refractivity contribution in [1.29, 1.82) is 0 Å². The summed E-state index contributed by atoms with van der Waals surface area (Å²) < 4.78 is 18.7. The number of anilines is 6. The van der Waals surface area contributed by atoms with Crippen LogP contribution in [0.25, 0.3) is 0 Å². The SMILES string of the molecule is COc1cc(N2CCC(N3CCN(Cc4ccc(N5CCC(=O)NC5=O)nn4)CC3)CC2)ccc1Nc1ncc(Cl)c(Nc2ccccc2P(C)(C)=O)n1. The Morgan fingerprint density at radius 2 is 1.70 bits per heavy atom. The number of hydrogen-bond donors (Lipinski definition) is 3. The molecule has 3 aliphatic rings. The Hall–Kier alpha value is -4.82. The number of nitrogens with one attached hydrogen (secondary N) is 3. The first-order chi connectivity index (χ1) is 26.0. The zero-order chi connectivity index (χ0) is 37.8. The van der Waals surface area contributed by atoms with Crippen LogP contribution >= 0.6 is 18.7 Å². The number of piperidine rings is 1. The monoisotopic (exact) mass is 773 g/mol. The Bertz CT molecular complexity index is 2030. The van der Waals surface area contributed by atoms with Gasteiger partial charge in [0, 0.05) is 81.9 Å². The van der Waals surface area contributed by atoms with Crippen molar-refractivity contribution in [3.8, 4) is 5.75 Å². The van der Waals surface area contributed by atoms with E-state index in [9.17, 15) is 14.2 Å². The lowest BCUT2D eigenvalue weighted by atomic mass is 10.0. The highest BCUT2D eigenvalue weighted by atomic mass is 35.5. The van der Waals surface area contributed by atoms with Gasteiger partial charge in [0.25, 0.3) is 0 Å². The average molecular weight is 774 g/mol. The number of carbonyl (C=O) groups excluding carboxylic acids is 2. The van der Waals surface area contributed by atoms with E-state index in [1.165, 1.54) is 11.1 Å². The van der Waals surface area contributed by atoms with E-state index in [1.54, 1.807) is 26.5 Å². The van der Waals surface area contributed by atoms with Gasteiger partial charge in [-0.05, 0) is 62.6 Å².